The second-order valence-corrected chi connectivity index (χ2v) is 8.90. The van der Waals surface area contributed by atoms with E-state index < -0.39 is 0 Å². The molecule has 0 saturated heterocycles. The zero-order valence-electron chi connectivity index (χ0n) is 18.8. The Hall–Kier alpha value is -2.79. The number of aromatic nitrogens is 1. The van der Waals surface area contributed by atoms with Crippen LogP contribution < -0.4 is 10.2 Å². The van der Waals surface area contributed by atoms with Crippen LogP contribution in [0.5, 0.6) is 0 Å². The first-order chi connectivity index (χ1) is 14.7. The highest BCUT2D eigenvalue weighted by molar-refractivity contribution is 6.29. The Labute approximate surface area is 190 Å². The molecule has 1 aromatic carbocycles. The van der Waals surface area contributed by atoms with E-state index in [0.29, 0.717) is 18.1 Å². The summed E-state index contributed by atoms with van der Waals surface area (Å²) in [5.41, 5.74) is 2.55. The van der Waals surface area contributed by atoms with Crippen LogP contribution in [0, 0.1) is 0 Å². The highest BCUT2D eigenvalue weighted by Gasteiger charge is 2.32. The van der Waals surface area contributed by atoms with Crippen LogP contribution in [0.2, 0.25) is 5.15 Å². The number of fused-ring (bicyclic) bond motifs is 1. The number of anilines is 2. The number of rotatable bonds is 7. The summed E-state index contributed by atoms with van der Waals surface area (Å²) in [6.07, 6.45) is 1.51. The fourth-order valence-corrected chi connectivity index (χ4v) is 3.78. The van der Waals surface area contributed by atoms with Gasteiger partial charge in [0, 0.05) is 13.0 Å². The third-order valence-corrected chi connectivity index (χ3v) is 5.09. The highest BCUT2D eigenvalue weighted by atomic mass is 35.5. The summed E-state index contributed by atoms with van der Waals surface area (Å²) < 4.78 is 5.82. The van der Waals surface area contributed by atoms with Crippen molar-refractivity contribution < 1.29 is 4.74 Å². The number of pyridine rings is 1. The predicted octanol–water partition coefficient (Wildman–Crippen LogP) is 6.75. The number of ether oxygens (including phenoxy) is 1. The molecule has 0 spiro atoms. The summed E-state index contributed by atoms with van der Waals surface area (Å²) in [4.78, 5) is 11.5. The van der Waals surface area contributed by atoms with Crippen molar-refractivity contribution in [2.75, 3.05) is 16.8 Å². The molecule has 31 heavy (non-hydrogen) atoms. The van der Waals surface area contributed by atoms with Crippen molar-refractivity contribution in [1.82, 2.24) is 4.98 Å². The van der Waals surface area contributed by atoms with Crippen molar-refractivity contribution in [3.63, 3.8) is 0 Å². The van der Waals surface area contributed by atoms with Gasteiger partial charge in [0.25, 0.3) is 0 Å². The maximum absolute atomic E-state index is 6.24. The first-order valence-electron chi connectivity index (χ1n) is 10.6. The van der Waals surface area contributed by atoms with Gasteiger partial charge in [0.05, 0.1) is 23.2 Å². The van der Waals surface area contributed by atoms with Gasteiger partial charge in [-0.2, -0.15) is 0 Å². The van der Waals surface area contributed by atoms with Gasteiger partial charge in [-0.15, -0.1) is 0 Å². The van der Waals surface area contributed by atoms with Crippen LogP contribution in [0.25, 0.3) is 0 Å². The van der Waals surface area contributed by atoms with E-state index in [4.69, 9.17) is 21.3 Å². The van der Waals surface area contributed by atoms with Gasteiger partial charge < -0.3 is 15.0 Å². The number of aliphatic imine (C=N–C) groups is 1. The van der Waals surface area contributed by atoms with Gasteiger partial charge in [-0.05, 0) is 44.9 Å². The summed E-state index contributed by atoms with van der Waals surface area (Å²) in [6.45, 7) is 17.1. The molecular formula is C25H31ClN4O. The van der Waals surface area contributed by atoms with E-state index >= 15 is 0 Å². The molecule has 0 radical (unpaired) electrons. The van der Waals surface area contributed by atoms with Gasteiger partial charge in [0.1, 0.15) is 16.6 Å². The molecule has 0 bridgehead atoms. The summed E-state index contributed by atoms with van der Waals surface area (Å²) >= 11 is 6.24. The average Bonchev–Trinajstić information content (AvgIpc) is 2.70. The standard InChI is InChI=1S/C25H31ClN4O/c1-7-21(19-11-9-8-10-12-19)30-18(3)23(27-16-15-17(2)31-25(4,5)6)28-20-13-14-22(26)29-24(20)30/h8-14,21H,2-3,7,15-16H2,1,4-6H3,(H,27,28). The summed E-state index contributed by atoms with van der Waals surface area (Å²) in [6, 6.07) is 14.1. The van der Waals surface area contributed by atoms with Crippen molar-refractivity contribution in [2.45, 2.75) is 52.2 Å². The molecule has 1 N–H and O–H groups in total. The Balaban J connectivity index is 1.90. The summed E-state index contributed by atoms with van der Waals surface area (Å²) in [7, 11) is 0. The lowest BCUT2D eigenvalue weighted by Gasteiger charge is -2.39. The Morgan fingerprint density at radius 2 is 1.94 bits per heavy atom. The zero-order chi connectivity index (χ0) is 22.6. The number of benzene rings is 1. The molecule has 1 atom stereocenters. The van der Waals surface area contributed by atoms with E-state index in [-0.39, 0.29) is 11.6 Å². The molecule has 3 rings (SSSR count). The van der Waals surface area contributed by atoms with Crippen molar-refractivity contribution in [3.05, 3.63) is 77.8 Å². The number of amidine groups is 1. The first kappa shape index (κ1) is 22.9. The summed E-state index contributed by atoms with van der Waals surface area (Å²) in [5.74, 6) is 2.20. The van der Waals surface area contributed by atoms with E-state index in [1.807, 2.05) is 45.0 Å². The van der Waals surface area contributed by atoms with Gasteiger partial charge in [0.2, 0.25) is 0 Å². The third-order valence-electron chi connectivity index (χ3n) is 4.88. The second-order valence-electron chi connectivity index (χ2n) is 8.52. The first-order valence-corrected chi connectivity index (χ1v) is 11.0. The molecular weight excluding hydrogens is 408 g/mol. The molecule has 164 valence electrons. The van der Waals surface area contributed by atoms with Gasteiger partial charge in [-0.1, -0.05) is 62.0 Å². The monoisotopic (exact) mass is 438 g/mol. The number of hydrogen-bond donors (Lipinski definition) is 1. The maximum Gasteiger partial charge on any atom is 0.159 e. The molecule has 0 amide bonds. The minimum atomic E-state index is -0.262. The van der Waals surface area contributed by atoms with E-state index in [2.05, 4.69) is 47.4 Å². The number of nitrogens with one attached hydrogen (secondary N) is 1. The Morgan fingerprint density at radius 1 is 1.23 bits per heavy atom. The summed E-state index contributed by atoms with van der Waals surface area (Å²) in [5, 5.41) is 3.82. The molecule has 1 aliphatic heterocycles. The van der Waals surface area contributed by atoms with Crippen LogP contribution in [0.1, 0.15) is 52.1 Å². The van der Waals surface area contributed by atoms with Crippen molar-refractivity contribution >= 4 is 28.9 Å². The van der Waals surface area contributed by atoms with Crippen molar-refractivity contribution in [3.8, 4) is 0 Å². The Kier molecular flexibility index (Phi) is 7.06. The molecule has 2 aromatic rings. The van der Waals surface area contributed by atoms with Crippen LogP contribution in [-0.4, -0.2) is 23.0 Å². The van der Waals surface area contributed by atoms with Crippen LogP contribution in [0.15, 0.2) is 72.1 Å². The Bertz CT molecular complexity index is 979. The molecule has 1 aromatic heterocycles. The quantitative estimate of drug-likeness (QED) is 0.383. The van der Waals surface area contributed by atoms with Gasteiger partial charge in [-0.3, -0.25) is 4.99 Å². The van der Waals surface area contributed by atoms with Crippen molar-refractivity contribution in [1.29, 1.82) is 0 Å². The molecule has 5 nitrogen and oxygen atoms in total. The molecule has 6 heteroatoms. The average molecular weight is 439 g/mol. The topological polar surface area (TPSA) is 49.8 Å². The SMILES string of the molecule is C=C(CCN=C1Nc2ccc(Cl)nc2N(C(CC)c2ccccc2)C1=C)OC(C)(C)C. The van der Waals surface area contributed by atoms with E-state index in [1.54, 1.807) is 6.07 Å². The fraction of sp³-hybridized carbons (Fsp3) is 0.360. The maximum atomic E-state index is 6.24. The Morgan fingerprint density at radius 3 is 2.58 bits per heavy atom. The molecule has 1 aliphatic rings. The number of nitrogens with zero attached hydrogens (tertiary/aromatic N) is 3. The number of hydrogen-bond acceptors (Lipinski definition) is 4. The predicted molar refractivity (Wildman–Crippen MR) is 131 cm³/mol. The largest absolute Gasteiger partial charge is 0.493 e. The van der Waals surface area contributed by atoms with Crippen LogP contribution in [-0.2, 0) is 4.74 Å². The lowest BCUT2D eigenvalue weighted by molar-refractivity contribution is 0.0485. The smallest absolute Gasteiger partial charge is 0.159 e. The fourth-order valence-electron chi connectivity index (χ4n) is 3.63. The molecule has 0 fully saturated rings. The van der Waals surface area contributed by atoms with E-state index in [1.165, 1.54) is 5.56 Å². The van der Waals surface area contributed by atoms with Crippen LogP contribution in [0.3, 0.4) is 0 Å². The van der Waals surface area contributed by atoms with Gasteiger partial charge >= 0.3 is 0 Å². The highest BCUT2D eigenvalue weighted by Crippen LogP contribution is 2.40. The van der Waals surface area contributed by atoms with Crippen molar-refractivity contribution in [2.24, 2.45) is 4.99 Å². The van der Waals surface area contributed by atoms with Crippen LogP contribution in [0.4, 0.5) is 11.5 Å². The van der Waals surface area contributed by atoms with Gasteiger partial charge in [0.15, 0.2) is 5.82 Å². The molecule has 0 aliphatic carbocycles. The second kappa shape index (κ2) is 9.56. The molecule has 0 saturated carbocycles. The zero-order valence-corrected chi connectivity index (χ0v) is 19.5. The normalized spacial score (nSPS) is 16.0. The third kappa shape index (κ3) is 5.67. The molecule has 1 unspecified atom stereocenters. The molecule has 2 heterocycles. The minimum absolute atomic E-state index is 0.0601. The van der Waals surface area contributed by atoms with E-state index in [0.717, 1.165) is 35.2 Å². The van der Waals surface area contributed by atoms with Gasteiger partial charge in [-0.25, -0.2) is 4.98 Å². The minimum Gasteiger partial charge on any atom is -0.493 e. The van der Waals surface area contributed by atoms with E-state index in [9.17, 15) is 0 Å². The lowest BCUT2D eigenvalue weighted by Crippen LogP contribution is -2.39. The van der Waals surface area contributed by atoms with Crippen LogP contribution >= 0.6 is 11.6 Å². The number of halogens is 1. The lowest BCUT2D eigenvalue weighted by atomic mass is 10.0.